The van der Waals surface area contributed by atoms with Gasteiger partial charge >= 0.3 is 0 Å². The first kappa shape index (κ1) is 12.8. The van der Waals surface area contributed by atoms with Crippen LogP contribution in [0, 0.1) is 0 Å². The summed E-state index contributed by atoms with van der Waals surface area (Å²) in [6.07, 6.45) is 7.67. The highest BCUT2D eigenvalue weighted by Crippen LogP contribution is 2.09. The van der Waals surface area contributed by atoms with Gasteiger partial charge < -0.3 is 10.2 Å². The Balaban J connectivity index is 1.85. The van der Waals surface area contributed by atoms with E-state index < -0.39 is 0 Å². The molecule has 0 aliphatic carbocycles. The maximum absolute atomic E-state index is 10.5. The van der Waals surface area contributed by atoms with E-state index in [9.17, 15) is 4.79 Å². The lowest BCUT2D eigenvalue weighted by Gasteiger charge is -2.26. The van der Waals surface area contributed by atoms with Crippen molar-refractivity contribution < 1.29 is 4.79 Å². The van der Waals surface area contributed by atoms with Gasteiger partial charge in [-0.15, -0.1) is 0 Å². The van der Waals surface area contributed by atoms with Crippen LogP contribution in [0.4, 0.5) is 4.79 Å². The number of unbranched alkanes of at least 4 members (excludes halogenated alkanes) is 2. The van der Waals surface area contributed by atoms with Gasteiger partial charge in [-0.3, -0.25) is 4.79 Å². The number of nitrogens with one attached hydrogen (secondary N) is 1. The maximum atomic E-state index is 10.5. The van der Waals surface area contributed by atoms with E-state index in [1.165, 1.54) is 51.7 Å². The molecule has 1 N–H and O–H groups in total. The van der Waals surface area contributed by atoms with Crippen LogP contribution in [0.1, 0.15) is 38.5 Å². The Morgan fingerprint density at radius 1 is 1.13 bits per heavy atom. The minimum Gasteiger partial charge on any atom is -0.347 e. The number of hydrogen-bond donors (Lipinski definition) is 2. The Kier molecular flexibility index (Phi) is 6.85. The summed E-state index contributed by atoms with van der Waals surface area (Å²) in [5.41, 5.74) is 0. The van der Waals surface area contributed by atoms with Crippen LogP contribution in [-0.2, 0) is 0 Å². The number of rotatable bonds is 6. The average molecular weight is 230 g/mol. The predicted octanol–water partition coefficient (Wildman–Crippen LogP) is 2.28. The summed E-state index contributed by atoms with van der Waals surface area (Å²) in [5.74, 6) is 0. The molecule has 15 heavy (non-hydrogen) atoms. The monoisotopic (exact) mass is 230 g/mol. The van der Waals surface area contributed by atoms with E-state index in [4.69, 9.17) is 0 Å². The van der Waals surface area contributed by atoms with Gasteiger partial charge in [0.15, 0.2) is 0 Å². The van der Waals surface area contributed by atoms with Crippen LogP contribution < -0.4 is 5.32 Å². The molecular weight excluding hydrogens is 208 g/mol. The zero-order valence-corrected chi connectivity index (χ0v) is 10.3. The minimum absolute atomic E-state index is 0.217. The second-order valence-electron chi connectivity index (χ2n) is 4.19. The van der Waals surface area contributed by atoms with Crippen LogP contribution in [-0.4, -0.2) is 36.3 Å². The van der Waals surface area contributed by atoms with Crippen molar-refractivity contribution >= 4 is 17.9 Å². The fourth-order valence-corrected chi connectivity index (χ4v) is 2.13. The molecule has 0 atom stereocenters. The third-order valence-corrected chi connectivity index (χ3v) is 3.03. The first-order valence-corrected chi connectivity index (χ1v) is 6.43. The van der Waals surface area contributed by atoms with Gasteiger partial charge in [0.05, 0.1) is 0 Å². The fourth-order valence-electron chi connectivity index (χ4n) is 2.02. The molecule has 4 heteroatoms. The molecule has 0 aromatic rings. The highest BCUT2D eigenvalue weighted by Gasteiger charge is 2.08. The zero-order valence-electron chi connectivity index (χ0n) is 9.37. The van der Waals surface area contributed by atoms with Gasteiger partial charge in [0.25, 0.3) is 5.24 Å². The van der Waals surface area contributed by atoms with Crippen molar-refractivity contribution in [3.63, 3.8) is 0 Å². The van der Waals surface area contributed by atoms with E-state index in [0.717, 1.165) is 13.0 Å². The summed E-state index contributed by atoms with van der Waals surface area (Å²) in [6.45, 7) is 4.57. The van der Waals surface area contributed by atoms with Gasteiger partial charge in [-0.05, 0) is 45.3 Å². The number of nitrogens with zero attached hydrogens (tertiary/aromatic N) is 1. The Morgan fingerprint density at radius 2 is 1.87 bits per heavy atom. The van der Waals surface area contributed by atoms with E-state index in [1.54, 1.807) is 0 Å². The molecule has 1 aliphatic rings. The van der Waals surface area contributed by atoms with Gasteiger partial charge in [-0.2, -0.15) is 0 Å². The van der Waals surface area contributed by atoms with Crippen molar-refractivity contribution in [3.8, 4) is 0 Å². The topological polar surface area (TPSA) is 32.3 Å². The first-order chi connectivity index (χ1) is 7.29. The smallest absolute Gasteiger partial charge is 0.275 e. The number of piperidine rings is 1. The Hall–Kier alpha value is -0.220. The van der Waals surface area contributed by atoms with E-state index in [1.807, 2.05) is 0 Å². The van der Waals surface area contributed by atoms with Crippen molar-refractivity contribution in [1.29, 1.82) is 0 Å². The summed E-state index contributed by atoms with van der Waals surface area (Å²) >= 11 is 3.65. The zero-order chi connectivity index (χ0) is 10.9. The third-order valence-electron chi connectivity index (χ3n) is 2.88. The molecule has 0 bridgehead atoms. The summed E-state index contributed by atoms with van der Waals surface area (Å²) in [5, 5.41) is 2.48. The minimum atomic E-state index is -0.217. The molecule has 88 valence electrons. The number of amides is 1. The molecule has 1 aliphatic heterocycles. The Morgan fingerprint density at radius 3 is 2.53 bits per heavy atom. The lowest BCUT2D eigenvalue weighted by Crippen LogP contribution is -2.30. The van der Waals surface area contributed by atoms with E-state index in [0.29, 0.717) is 0 Å². The van der Waals surface area contributed by atoms with Crippen molar-refractivity contribution in [2.24, 2.45) is 0 Å². The summed E-state index contributed by atoms with van der Waals surface area (Å²) in [6, 6.07) is 0. The number of carbonyl (C=O) groups excluding carboxylic acids is 1. The molecule has 0 unspecified atom stereocenters. The molecule has 0 aromatic heterocycles. The largest absolute Gasteiger partial charge is 0.347 e. The molecule has 1 heterocycles. The Bertz CT molecular complexity index is 181. The first-order valence-electron chi connectivity index (χ1n) is 5.98. The van der Waals surface area contributed by atoms with Crippen LogP contribution in [0.15, 0.2) is 0 Å². The summed E-state index contributed by atoms with van der Waals surface area (Å²) in [7, 11) is 0. The number of likely N-dealkylation sites (tertiary alicyclic amines) is 1. The lowest BCUT2D eigenvalue weighted by molar-refractivity contribution is 0.224. The average Bonchev–Trinajstić information content (AvgIpc) is 2.24. The normalized spacial score (nSPS) is 17.7. The van der Waals surface area contributed by atoms with Crippen LogP contribution in [0.25, 0.3) is 0 Å². The van der Waals surface area contributed by atoms with Crippen LogP contribution >= 0.6 is 12.6 Å². The molecule has 0 spiro atoms. The van der Waals surface area contributed by atoms with Gasteiger partial charge in [0.2, 0.25) is 0 Å². The molecular formula is C11H22N2OS. The summed E-state index contributed by atoms with van der Waals surface area (Å²) in [4.78, 5) is 13.0. The van der Waals surface area contributed by atoms with Crippen molar-refractivity contribution in [2.45, 2.75) is 38.5 Å². The van der Waals surface area contributed by atoms with E-state index in [-0.39, 0.29) is 5.24 Å². The van der Waals surface area contributed by atoms with Gasteiger partial charge in [0.1, 0.15) is 0 Å². The Labute approximate surface area is 98.0 Å². The second-order valence-corrected chi connectivity index (χ2v) is 4.60. The molecule has 1 fully saturated rings. The fraction of sp³-hybridized carbons (Fsp3) is 0.909. The highest BCUT2D eigenvalue weighted by atomic mass is 32.1. The summed E-state index contributed by atoms with van der Waals surface area (Å²) < 4.78 is 0. The van der Waals surface area contributed by atoms with Gasteiger partial charge in [-0.1, -0.05) is 25.5 Å². The van der Waals surface area contributed by atoms with Gasteiger partial charge in [-0.25, -0.2) is 0 Å². The number of thiol groups is 1. The number of hydrogen-bond acceptors (Lipinski definition) is 2. The van der Waals surface area contributed by atoms with Crippen LogP contribution in [0.2, 0.25) is 0 Å². The predicted molar refractivity (Wildman–Crippen MR) is 66.5 cm³/mol. The van der Waals surface area contributed by atoms with E-state index >= 15 is 0 Å². The molecule has 1 rings (SSSR count). The molecule has 1 saturated heterocycles. The molecule has 3 nitrogen and oxygen atoms in total. The van der Waals surface area contributed by atoms with Crippen LogP contribution in [0.3, 0.4) is 0 Å². The quantitative estimate of drug-likeness (QED) is 0.542. The van der Waals surface area contributed by atoms with Gasteiger partial charge in [0, 0.05) is 6.54 Å². The molecule has 0 aromatic carbocycles. The van der Waals surface area contributed by atoms with Crippen molar-refractivity contribution in [2.75, 3.05) is 26.2 Å². The van der Waals surface area contributed by atoms with Crippen LogP contribution in [0.5, 0.6) is 0 Å². The molecule has 0 saturated carbocycles. The highest BCUT2D eigenvalue weighted by molar-refractivity contribution is 7.96. The third kappa shape index (κ3) is 6.79. The second kappa shape index (κ2) is 7.99. The maximum Gasteiger partial charge on any atom is 0.275 e. The lowest BCUT2D eigenvalue weighted by atomic mass is 10.1. The van der Waals surface area contributed by atoms with Crippen molar-refractivity contribution in [1.82, 2.24) is 10.2 Å². The molecule has 1 amide bonds. The van der Waals surface area contributed by atoms with Crippen molar-refractivity contribution in [3.05, 3.63) is 0 Å². The SMILES string of the molecule is O=C(S)NCCCCCN1CCCCC1. The standard InChI is InChI=1S/C11H22N2OS/c14-11(15)12-7-3-1-4-8-13-9-5-2-6-10-13/h1-10H2,(H2,12,14,15). The van der Waals surface area contributed by atoms with E-state index in [2.05, 4.69) is 22.8 Å². The number of carbonyl (C=O) groups is 1. The molecule has 0 radical (unpaired) electrons.